The molecule has 0 spiro atoms. The summed E-state index contributed by atoms with van der Waals surface area (Å²) in [5.74, 6) is 0.402. The first-order valence-corrected chi connectivity index (χ1v) is 9.96. The topological polar surface area (TPSA) is 59.0 Å². The van der Waals surface area contributed by atoms with Crippen molar-refractivity contribution in [2.45, 2.75) is 105 Å². The molecule has 3 fully saturated rings. The van der Waals surface area contributed by atoms with Crippen LogP contribution in [0.1, 0.15) is 75.2 Å². The van der Waals surface area contributed by atoms with Crippen molar-refractivity contribution in [1.82, 2.24) is 4.90 Å². The number of amides is 1. The monoisotopic (exact) mass is 367 g/mol. The number of carbonyl (C=O) groups is 1. The number of fused-ring (bicyclic) bond motifs is 5. The Morgan fingerprint density at radius 2 is 1.77 bits per heavy atom. The Labute approximate surface area is 158 Å². The van der Waals surface area contributed by atoms with Gasteiger partial charge in [-0.05, 0) is 55.8 Å². The van der Waals surface area contributed by atoms with E-state index in [1.807, 2.05) is 41.5 Å². The third kappa shape index (κ3) is 2.69. The predicted molar refractivity (Wildman–Crippen MR) is 101 cm³/mol. The summed E-state index contributed by atoms with van der Waals surface area (Å²) in [4.78, 5) is 14.9. The van der Waals surface area contributed by atoms with Crippen LogP contribution in [0.25, 0.3) is 0 Å². The van der Waals surface area contributed by atoms with Crippen molar-refractivity contribution in [3.63, 3.8) is 0 Å². The van der Waals surface area contributed by atoms with Gasteiger partial charge in [0.05, 0.1) is 12.1 Å². The normalized spacial score (nSPS) is 39.8. The SMILES string of the molecule is CC(C)(C)OC(=O)N1[C@H]([C@@H](O)C(C)(C)C)O[C@@H]2[C@@H]3CC[C@@](C)([C@@H]21)C3(C)C. The zero-order valence-electron chi connectivity index (χ0n) is 17.9. The first-order chi connectivity index (χ1) is 11.6. The zero-order valence-corrected chi connectivity index (χ0v) is 17.9. The molecule has 1 N–H and O–H groups in total. The highest BCUT2D eigenvalue weighted by Gasteiger charge is 2.73. The Morgan fingerprint density at radius 3 is 2.27 bits per heavy atom. The van der Waals surface area contributed by atoms with E-state index in [2.05, 4.69) is 20.8 Å². The highest BCUT2D eigenvalue weighted by molar-refractivity contribution is 5.70. The zero-order chi connectivity index (χ0) is 19.9. The van der Waals surface area contributed by atoms with E-state index in [1.165, 1.54) is 0 Å². The highest BCUT2D eigenvalue weighted by Crippen LogP contribution is 2.69. The fraction of sp³-hybridized carbons (Fsp3) is 0.952. The molecule has 5 nitrogen and oxygen atoms in total. The molecule has 3 rings (SSSR count). The smallest absolute Gasteiger partial charge is 0.412 e. The van der Waals surface area contributed by atoms with E-state index in [0.717, 1.165) is 12.8 Å². The number of ether oxygens (including phenoxy) is 2. The van der Waals surface area contributed by atoms with Crippen molar-refractivity contribution in [3.05, 3.63) is 0 Å². The lowest BCUT2D eigenvalue weighted by Crippen LogP contribution is -2.56. The molecule has 26 heavy (non-hydrogen) atoms. The Morgan fingerprint density at radius 1 is 1.19 bits per heavy atom. The van der Waals surface area contributed by atoms with Crippen LogP contribution in [0.5, 0.6) is 0 Å². The Bertz CT molecular complexity index is 588. The van der Waals surface area contributed by atoms with Gasteiger partial charge in [0.1, 0.15) is 11.7 Å². The lowest BCUT2D eigenvalue weighted by Gasteiger charge is -2.44. The second kappa shape index (κ2) is 5.60. The number of hydrogen-bond acceptors (Lipinski definition) is 4. The lowest BCUT2D eigenvalue weighted by molar-refractivity contribution is -0.133. The number of rotatable bonds is 1. The molecule has 0 aromatic heterocycles. The molecule has 2 aliphatic carbocycles. The molecule has 5 heteroatoms. The van der Waals surface area contributed by atoms with Gasteiger partial charge in [0.2, 0.25) is 0 Å². The second-order valence-electron chi connectivity index (χ2n) is 11.4. The average molecular weight is 368 g/mol. The van der Waals surface area contributed by atoms with Crippen LogP contribution in [0.2, 0.25) is 0 Å². The summed E-state index contributed by atoms with van der Waals surface area (Å²) in [6.45, 7) is 18.4. The molecule has 1 saturated heterocycles. The maximum atomic E-state index is 13.2. The van der Waals surface area contributed by atoms with E-state index in [1.54, 1.807) is 4.90 Å². The van der Waals surface area contributed by atoms with E-state index in [4.69, 9.17) is 9.47 Å². The quantitative estimate of drug-likeness (QED) is 0.755. The fourth-order valence-electron chi connectivity index (χ4n) is 5.45. The number of carbonyl (C=O) groups excluding carboxylic acids is 1. The largest absolute Gasteiger partial charge is 0.444 e. The number of aliphatic hydroxyl groups excluding tert-OH is 1. The van der Waals surface area contributed by atoms with Crippen LogP contribution in [0.15, 0.2) is 0 Å². The molecule has 1 amide bonds. The van der Waals surface area contributed by atoms with E-state index >= 15 is 0 Å². The Hall–Kier alpha value is -0.810. The first kappa shape index (κ1) is 19.9. The summed E-state index contributed by atoms with van der Waals surface area (Å²) in [6.07, 6.45) is 0.363. The summed E-state index contributed by atoms with van der Waals surface area (Å²) in [5.41, 5.74) is -0.911. The minimum absolute atomic E-state index is 0.0294. The summed E-state index contributed by atoms with van der Waals surface area (Å²) < 4.78 is 12.2. The van der Waals surface area contributed by atoms with E-state index in [0.29, 0.717) is 5.92 Å². The lowest BCUT2D eigenvalue weighted by atomic mass is 9.68. The molecular formula is C21H37NO4. The van der Waals surface area contributed by atoms with Gasteiger partial charge >= 0.3 is 6.09 Å². The molecule has 0 aromatic carbocycles. The van der Waals surface area contributed by atoms with Crippen LogP contribution in [-0.2, 0) is 9.47 Å². The second-order valence-corrected chi connectivity index (χ2v) is 11.4. The van der Waals surface area contributed by atoms with Crippen molar-refractivity contribution in [3.8, 4) is 0 Å². The van der Waals surface area contributed by atoms with Gasteiger partial charge in [0.25, 0.3) is 0 Å². The minimum atomic E-state index is -0.772. The Kier molecular flexibility index (Phi) is 4.30. The van der Waals surface area contributed by atoms with Crippen molar-refractivity contribution >= 4 is 6.09 Å². The average Bonchev–Trinajstić information content (AvgIpc) is 2.98. The maximum Gasteiger partial charge on any atom is 0.412 e. The molecule has 0 radical (unpaired) electrons. The van der Waals surface area contributed by atoms with Gasteiger partial charge < -0.3 is 14.6 Å². The van der Waals surface area contributed by atoms with Gasteiger partial charge in [-0.1, -0.05) is 41.5 Å². The molecule has 3 aliphatic rings. The first-order valence-electron chi connectivity index (χ1n) is 9.96. The van der Waals surface area contributed by atoms with Crippen LogP contribution in [0.3, 0.4) is 0 Å². The third-order valence-electron chi connectivity index (χ3n) is 7.37. The third-order valence-corrected chi connectivity index (χ3v) is 7.37. The standard InChI is InChI=1S/C21H37NO4/c1-18(2,3)15(23)16-22(17(24)26-19(4,5)6)14-13(25-16)12-10-11-21(14,9)20(12,7)8/h12-16,23H,10-11H2,1-9H3/t12-,13+,14+,15+,16-,21-/m0/s1. The van der Waals surface area contributed by atoms with Gasteiger partial charge in [-0.25, -0.2) is 4.79 Å². The van der Waals surface area contributed by atoms with Crippen LogP contribution in [-0.4, -0.2) is 46.2 Å². The van der Waals surface area contributed by atoms with E-state index < -0.39 is 17.9 Å². The van der Waals surface area contributed by atoms with Crippen molar-refractivity contribution in [2.24, 2.45) is 22.2 Å². The van der Waals surface area contributed by atoms with Crippen LogP contribution in [0, 0.1) is 22.2 Å². The van der Waals surface area contributed by atoms with Gasteiger partial charge in [-0.3, -0.25) is 4.90 Å². The van der Waals surface area contributed by atoms with Crippen molar-refractivity contribution in [2.75, 3.05) is 0 Å². The van der Waals surface area contributed by atoms with Gasteiger partial charge in [-0.2, -0.15) is 0 Å². The van der Waals surface area contributed by atoms with Gasteiger partial charge in [-0.15, -0.1) is 0 Å². The van der Waals surface area contributed by atoms with Crippen molar-refractivity contribution < 1.29 is 19.4 Å². The molecule has 2 bridgehead atoms. The molecular weight excluding hydrogens is 330 g/mol. The van der Waals surface area contributed by atoms with Gasteiger partial charge in [0, 0.05) is 0 Å². The fourth-order valence-corrected chi connectivity index (χ4v) is 5.45. The van der Waals surface area contributed by atoms with Crippen LogP contribution in [0.4, 0.5) is 4.79 Å². The molecule has 0 unspecified atom stereocenters. The summed E-state index contributed by atoms with van der Waals surface area (Å²) in [6, 6.07) is -0.0481. The Balaban J connectivity index is 2.01. The molecule has 0 aromatic rings. The molecule has 1 aliphatic heterocycles. The minimum Gasteiger partial charge on any atom is -0.444 e. The molecule has 6 atom stereocenters. The number of hydrogen-bond donors (Lipinski definition) is 1. The van der Waals surface area contributed by atoms with Gasteiger partial charge in [0.15, 0.2) is 6.23 Å². The predicted octanol–water partition coefficient (Wildman–Crippen LogP) is 4.18. The maximum absolute atomic E-state index is 13.2. The summed E-state index contributed by atoms with van der Waals surface area (Å²) in [5, 5.41) is 11.0. The van der Waals surface area contributed by atoms with E-state index in [9.17, 15) is 9.90 Å². The molecule has 2 saturated carbocycles. The summed E-state index contributed by atoms with van der Waals surface area (Å²) in [7, 11) is 0. The highest BCUT2D eigenvalue weighted by atomic mass is 16.6. The molecule has 1 heterocycles. The number of aliphatic hydroxyl groups is 1. The van der Waals surface area contributed by atoms with Crippen molar-refractivity contribution in [1.29, 1.82) is 0 Å². The molecule has 150 valence electrons. The van der Waals surface area contributed by atoms with E-state index in [-0.39, 0.29) is 34.5 Å². The number of nitrogens with zero attached hydrogens (tertiary/aromatic N) is 1. The van der Waals surface area contributed by atoms with Crippen LogP contribution >= 0.6 is 0 Å². The van der Waals surface area contributed by atoms with Crippen LogP contribution < -0.4 is 0 Å². The summed E-state index contributed by atoms with van der Waals surface area (Å²) >= 11 is 0.